The van der Waals surface area contributed by atoms with Gasteiger partial charge in [-0.05, 0) is 42.3 Å². The van der Waals surface area contributed by atoms with Gasteiger partial charge < -0.3 is 14.7 Å². The summed E-state index contributed by atoms with van der Waals surface area (Å²) in [4.78, 5) is 7.83. The zero-order valence-electron chi connectivity index (χ0n) is 16.4. The molecule has 0 fully saturated rings. The molecule has 29 heavy (non-hydrogen) atoms. The molecule has 2 aromatic carbocycles. The van der Waals surface area contributed by atoms with E-state index >= 15 is 0 Å². The Bertz CT molecular complexity index is 814. The van der Waals surface area contributed by atoms with E-state index in [0.29, 0.717) is 49.3 Å². The van der Waals surface area contributed by atoms with Crippen LogP contribution in [0.15, 0.2) is 53.7 Å². The molecule has 0 unspecified atom stereocenters. The molecular weight excluding hydrogens is 411 g/mol. The highest BCUT2D eigenvalue weighted by atomic mass is 35.5. The van der Waals surface area contributed by atoms with E-state index in [-0.39, 0.29) is 6.10 Å². The van der Waals surface area contributed by atoms with E-state index in [1.807, 2.05) is 55.5 Å². The van der Waals surface area contributed by atoms with Crippen molar-refractivity contribution in [1.29, 1.82) is 0 Å². The number of rotatable bonds is 10. The number of benzene rings is 2. The van der Waals surface area contributed by atoms with Crippen LogP contribution in [0, 0.1) is 0 Å². The van der Waals surface area contributed by atoms with Gasteiger partial charge in [-0.15, -0.1) is 0 Å². The molecule has 0 aliphatic carbocycles. The standard InChI is InChI=1S/C22H26Cl2N2O3/c1-2-28-15-20(27)13-26(12-16-4-3-5-19(24)10-16)14-21-11-22(25-29-21)17-6-8-18(23)9-7-17/h3-10,20-21,27H,2,11-15H2,1H3/t20-,21-/m1/s1. The molecule has 0 saturated carbocycles. The lowest BCUT2D eigenvalue weighted by molar-refractivity contribution is 0.000496. The molecule has 1 N–H and O–H groups in total. The topological polar surface area (TPSA) is 54.3 Å². The van der Waals surface area contributed by atoms with Gasteiger partial charge >= 0.3 is 0 Å². The molecule has 156 valence electrons. The van der Waals surface area contributed by atoms with Crippen LogP contribution < -0.4 is 0 Å². The first-order chi connectivity index (χ1) is 14.0. The van der Waals surface area contributed by atoms with Crippen LogP contribution >= 0.6 is 23.2 Å². The molecule has 1 aliphatic rings. The fourth-order valence-electron chi connectivity index (χ4n) is 3.33. The van der Waals surface area contributed by atoms with Gasteiger partial charge in [0.2, 0.25) is 0 Å². The molecule has 2 aromatic rings. The van der Waals surface area contributed by atoms with E-state index < -0.39 is 6.10 Å². The third kappa shape index (κ3) is 6.98. The molecule has 0 aromatic heterocycles. The molecule has 3 rings (SSSR count). The molecule has 1 heterocycles. The van der Waals surface area contributed by atoms with Crippen LogP contribution in [0.2, 0.25) is 10.0 Å². The van der Waals surface area contributed by atoms with Gasteiger partial charge in [-0.3, -0.25) is 4.90 Å². The van der Waals surface area contributed by atoms with Gasteiger partial charge in [0.15, 0.2) is 0 Å². The summed E-state index contributed by atoms with van der Waals surface area (Å²) in [5, 5.41) is 16.0. The van der Waals surface area contributed by atoms with Gasteiger partial charge in [-0.1, -0.05) is 52.6 Å². The average molecular weight is 437 g/mol. The summed E-state index contributed by atoms with van der Waals surface area (Å²) in [6, 6.07) is 15.3. The van der Waals surface area contributed by atoms with E-state index in [0.717, 1.165) is 16.8 Å². The maximum Gasteiger partial charge on any atom is 0.145 e. The number of aliphatic hydroxyl groups is 1. The Morgan fingerprint density at radius 2 is 2.00 bits per heavy atom. The third-order valence-electron chi connectivity index (χ3n) is 4.65. The van der Waals surface area contributed by atoms with E-state index in [1.165, 1.54) is 0 Å². The number of hydrogen-bond acceptors (Lipinski definition) is 5. The molecule has 0 radical (unpaired) electrons. The van der Waals surface area contributed by atoms with Crippen LogP contribution in [0.4, 0.5) is 0 Å². The zero-order valence-corrected chi connectivity index (χ0v) is 17.9. The van der Waals surface area contributed by atoms with Crippen LogP contribution in [-0.2, 0) is 16.1 Å². The highest BCUT2D eigenvalue weighted by Crippen LogP contribution is 2.21. The number of oxime groups is 1. The maximum atomic E-state index is 10.3. The number of ether oxygens (including phenoxy) is 1. The van der Waals surface area contributed by atoms with E-state index in [1.54, 1.807) is 0 Å². The minimum atomic E-state index is -0.577. The van der Waals surface area contributed by atoms with Gasteiger partial charge in [0.25, 0.3) is 0 Å². The Morgan fingerprint density at radius 1 is 1.21 bits per heavy atom. The molecule has 0 saturated heterocycles. The summed E-state index contributed by atoms with van der Waals surface area (Å²) in [7, 11) is 0. The third-order valence-corrected chi connectivity index (χ3v) is 5.14. The largest absolute Gasteiger partial charge is 0.390 e. The Morgan fingerprint density at radius 3 is 2.72 bits per heavy atom. The van der Waals surface area contributed by atoms with Gasteiger partial charge in [-0.2, -0.15) is 0 Å². The Kier molecular flexibility index (Phi) is 8.33. The maximum absolute atomic E-state index is 10.3. The van der Waals surface area contributed by atoms with Crippen molar-refractivity contribution in [2.45, 2.75) is 32.1 Å². The summed E-state index contributed by atoms with van der Waals surface area (Å²) >= 11 is 12.1. The summed E-state index contributed by atoms with van der Waals surface area (Å²) in [5.74, 6) is 0. The van der Waals surface area contributed by atoms with Crippen molar-refractivity contribution < 1.29 is 14.7 Å². The first-order valence-electron chi connectivity index (χ1n) is 9.74. The Labute approximate surface area is 181 Å². The van der Waals surface area contributed by atoms with Crippen molar-refractivity contribution in [2.75, 3.05) is 26.3 Å². The SMILES string of the molecule is CCOC[C@H](O)CN(Cc1cccc(Cl)c1)C[C@H]1CC(c2ccc(Cl)cc2)=NO1. The monoisotopic (exact) mass is 436 g/mol. The van der Waals surface area contributed by atoms with Crippen LogP contribution in [0.25, 0.3) is 0 Å². The van der Waals surface area contributed by atoms with Crippen LogP contribution in [0.3, 0.4) is 0 Å². The summed E-state index contributed by atoms with van der Waals surface area (Å²) in [6.07, 6.45) is 0.0428. The van der Waals surface area contributed by atoms with Crippen molar-refractivity contribution in [1.82, 2.24) is 4.90 Å². The second kappa shape index (κ2) is 11.0. The number of hydrogen-bond donors (Lipinski definition) is 1. The molecule has 5 nitrogen and oxygen atoms in total. The predicted octanol–water partition coefficient (Wildman–Crippen LogP) is 4.39. The molecule has 0 amide bonds. The summed E-state index contributed by atoms with van der Waals surface area (Å²) < 4.78 is 5.36. The quantitative estimate of drug-likeness (QED) is 0.599. The molecule has 0 bridgehead atoms. The summed E-state index contributed by atoms with van der Waals surface area (Å²) in [5.41, 5.74) is 3.00. The van der Waals surface area contributed by atoms with Gasteiger partial charge in [0, 0.05) is 42.7 Å². The minimum Gasteiger partial charge on any atom is -0.390 e. The first-order valence-corrected chi connectivity index (χ1v) is 10.5. The van der Waals surface area contributed by atoms with E-state index in [2.05, 4.69) is 10.1 Å². The molecule has 1 aliphatic heterocycles. The lowest BCUT2D eigenvalue weighted by Crippen LogP contribution is -2.39. The molecule has 7 heteroatoms. The van der Waals surface area contributed by atoms with Crippen molar-refractivity contribution in [3.05, 3.63) is 69.7 Å². The zero-order chi connectivity index (χ0) is 20.6. The second-order valence-electron chi connectivity index (χ2n) is 7.11. The summed E-state index contributed by atoms with van der Waals surface area (Å²) in [6.45, 7) is 4.56. The van der Waals surface area contributed by atoms with Crippen LogP contribution in [0.5, 0.6) is 0 Å². The smallest absolute Gasteiger partial charge is 0.145 e. The number of aliphatic hydroxyl groups excluding tert-OH is 1. The normalized spacial score (nSPS) is 17.3. The van der Waals surface area contributed by atoms with Gasteiger partial charge in [-0.25, -0.2) is 0 Å². The molecule has 2 atom stereocenters. The van der Waals surface area contributed by atoms with E-state index in [9.17, 15) is 5.11 Å². The van der Waals surface area contributed by atoms with Gasteiger partial charge in [0.1, 0.15) is 6.10 Å². The predicted molar refractivity (Wildman–Crippen MR) is 117 cm³/mol. The highest BCUT2D eigenvalue weighted by Gasteiger charge is 2.25. The average Bonchev–Trinajstić information content (AvgIpc) is 3.15. The van der Waals surface area contributed by atoms with Crippen molar-refractivity contribution in [2.24, 2.45) is 5.16 Å². The second-order valence-corrected chi connectivity index (χ2v) is 7.99. The Balaban J connectivity index is 1.62. The van der Waals surface area contributed by atoms with Crippen molar-refractivity contribution in [3.63, 3.8) is 0 Å². The molecular formula is C22H26Cl2N2O3. The number of nitrogens with zero attached hydrogens (tertiary/aromatic N) is 2. The van der Waals surface area contributed by atoms with Crippen molar-refractivity contribution >= 4 is 28.9 Å². The lowest BCUT2D eigenvalue weighted by Gasteiger charge is -2.27. The Hall–Kier alpha value is -1.63. The fraction of sp³-hybridized carbons (Fsp3) is 0.409. The molecule has 0 spiro atoms. The fourth-order valence-corrected chi connectivity index (χ4v) is 3.67. The first kappa shape index (κ1) is 22.1. The lowest BCUT2D eigenvalue weighted by atomic mass is 10.0. The van der Waals surface area contributed by atoms with Gasteiger partial charge in [0.05, 0.1) is 18.4 Å². The number of halogens is 2. The van der Waals surface area contributed by atoms with Crippen LogP contribution in [-0.4, -0.2) is 54.2 Å². The van der Waals surface area contributed by atoms with Crippen molar-refractivity contribution in [3.8, 4) is 0 Å². The minimum absolute atomic E-state index is 0.0841. The van der Waals surface area contributed by atoms with Crippen LogP contribution in [0.1, 0.15) is 24.5 Å². The van der Waals surface area contributed by atoms with E-state index in [4.69, 9.17) is 32.8 Å². The highest BCUT2D eigenvalue weighted by molar-refractivity contribution is 6.31.